The summed E-state index contributed by atoms with van der Waals surface area (Å²) in [5.41, 5.74) is -3.50. The van der Waals surface area contributed by atoms with Gasteiger partial charge in [0.2, 0.25) is 34.1 Å². The number of hydrogen-bond acceptors (Lipinski definition) is 11. The number of benzene rings is 1. The van der Waals surface area contributed by atoms with Crippen LogP contribution in [-0.4, -0.2) is 102 Å². The molecule has 4 fully saturated rings. The zero-order valence-corrected chi connectivity index (χ0v) is 35.9. The standard InChI is InChI=1S/C41H54F4N6O9S/c1-7-24-28-20-51(30(24)33(52)49-40(19-22(40)17-29(42)43)36(54)50-61(56,57)39(5)14-15-39)35(53)32(38(2,3)4)48-37(55)60-27-16-21(27)10-8-9-13-41(44,45)31-34(59-28)47-26-18-23(58-6)11-12-25(26)46-31/h11-12,18,21-22,24,27-30,32H,7-10,13-17,19-20H2,1-6H3,(H,48,55)(H,49,52)(H,50,54). The number of carbonyl (C=O) groups is 4. The number of aromatic nitrogens is 2. The Morgan fingerprint density at radius 2 is 1.79 bits per heavy atom. The highest BCUT2D eigenvalue weighted by Gasteiger charge is 2.65. The summed E-state index contributed by atoms with van der Waals surface area (Å²) >= 11 is 0. The molecule has 1 saturated heterocycles. The fourth-order valence-electron chi connectivity index (χ4n) is 8.70. The van der Waals surface area contributed by atoms with E-state index < -0.39 is 129 Å². The Kier molecular flexibility index (Phi) is 11.7. The molecule has 3 heterocycles. The van der Waals surface area contributed by atoms with Gasteiger partial charge in [0, 0.05) is 24.8 Å². The number of hydrogen-bond donors (Lipinski definition) is 3. The van der Waals surface area contributed by atoms with Crippen LogP contribution in [0.15, 0.2) is 18.2 Å². The van der Waals surface area contributed by atoms with Crippen LogP contribution in [-0.2, 0) is 35.1 Å². The first-order valence-electron chi connectivity index (χ1n) is 20.9. The van der Waals surface area contributed by atoms with Crippen molar-refractivity contribution < 1.29 is 59.4 Å². The maximum Gasteiger partial charge on any atom is 0.408 e. The Balaban J connectivity index is 1.30. The quantitative estimate of drug-likeness (QED) is 0.275. The molecular formula is C41H54F4N6O9S. The minimum absolute atomic E-state index is 0.0583. The molecule has 2 bridgehead atoms. The number of ether oxygens (including phenoxy) is 3. The molecule has 3 N–H and O–H groups in total. The largest absolute Gasteiger partial charge is 0.497 e. The normalized spacial score (nSPS) is 31.0. The summed E-state index contributed by atoms with van der Waals surface area (Å²) in [6, 6.07) is 1.69. The number of nitrogens with one attached hydrogen (secondary N) is 3. The predicted molar refractivity (Wildman–Crippen MR) is 211 cm³/mol. The highest BCUT2D eigenvalue weighted by atomic mass is 32.2. The molecule has 1 aromatic carbocycles. The van der Waals surface area contributed by atoms with Crippen molar-refractivity contribution in [2.24, 2.45) is 23.2 Å². The molecule has 0 spiro atoms. The number of fused-ring (bicyclic) bond motifs is 5. The molecule has 336 valence electrons. The second kappa shape index (κ2) is 16.0. The number of sulfonamides is 1. The van der Waals surface area contributed by atoms with Crippen molar-refractivity contribution in [1.29, 1.82) is 0 Å². The van der Waals surface area contributed by atoms with E-state index in [1.165, 1.54) is 26.2 Å². The number of rotatable bonds is 9. The number of methoxy groups -OCH3 is 1. The van der Waals surface area contributed by atoms with Gasteiger partial charge in [-0.3, -0.25) is 19.1 Å². The van der Waals surface area contributed by atoms with Crippen LogP contribution >= 0.6 is 0 Å². The van der Waals surface area contributed by atoms with Crippen LogP contribution in [0, 0.1) is 23.2 Å². The minimum atomic E-state index is -4.26. The summed E-state index contributed by atoms with van der Waals surface area (Å²) in [4.78, 5) is 66.8. The lowest BCUT2D eigenvalue weighted by atomic mass is 9.85. The molecule has 20 heteroatoms. The second-order valence-corrected chi connectivity index (χ2v) is 20.8. The van der Waals surface area contributed by atoms with E-state index in [1.54, 1.807) is 33.8 Å². The van der Waals surface area contributed by atoms with E-state index in [1.807, 2.05) is 4.72 Å². The van der Waals surface area contributed by atoms with E-state index in [2.05, 4.69) is 20.6 Å². The van der Waals surface area contributed by atoms with Crippen LogP contribution in [0.2, 0.25) is 0 Å². The van der Waals surface area contributed by atoms with E-state index >= 15 is 8.78 Å². The smallest absolute Gasteiger partial charge is 0.408 e. The van der Waals surface area contributed by atoms with E-state index in [4.69, 9.17) is 14.2 Å². The van der Waals surface area contributed by atoms with Gasteiger partial charge in [-0.05, 0) is 81.3 Å². The molecule has 5 aliphatic rings. The number of alkyl halides is 4. The SMILES string of the molecule is CCC1C2CN(C(=O)C(C(C)(C)C)NC(=O)OC3CC3CCCCC(F)(F)c3nc4ccc(OC)cc4nc3O2)C1C(=O)NC1(C(=O)NS(=O)(=O)C2(C)CC2)CC1CC(F)F. The van der Waals surface area contributed by atoms with E-state index in [0.717, 1.165) is 4.90 Å². The molecule has 1 aromatic heterocycles. The number of alkyl carbamates (subject to hydrolysis) is 1. The van der Waals surface area contributed by atoms with Crippen molar-refractivity contribution in [1.82, 2.24) is 30.2 Å². The van der Waals surface area contributed by atoms with E-state index in [9.17, 15) is 36.4 Å². The average molecular weight is 883 g/mol. The molecule has 3 saturated carbocycles. The predicted octanol–water partition coefficient (Wildman–Crippen LogP) is 5.35. The zero-order chi connectivity index (χ0) is 44.4. The van der Waals surface area contributed by atoms with Crippen molar-refractivity contribution in [2.45, 2.75) is 146 Å². The molecule has 61 heavy (non-hydrogen) atoms. The molecular weight excluding hydrogens is 829 g/mol. The minimum Gasteiger partial charge on any atom is -0.497 e. The molecule has 4 amide bonds. The maximum atomic E-state index is 16.4. The summed E-state index contributed by atoms with van der Waals surface area (Å²) in [6.07, 6.45) is -5.04. The van der Waals surface area contributed by atoms with Crippen LogP contribution in [0.4, 0.5) is 22.4 Å². The maximum absolute atomic E-state index is 16.4. The van der Waals surface area contributed by atoms with Gasteiger partial charge in [-0.15, -0.1) is 0 Å². The Bertz CT molecular complexity index is 2190. The Labute approximate surface area is 351 Å². The first-order valence-corrected chi connectivity index (χ1v) is 22.4. The summed E-state index contributed by atoms with van der Waals surface area (Å²) in [5, 5.41) is 5.26. The number of amides is 4. The third-order valence-corrected chi connectivity index (χ3v) is 15.2. The lowest BCUT2D eigenvalue weighted by molar-refractivity contribution is -0.143. The third kappa shape index (κ3) is 8.92. The number of halogens is 4. The molecule has 8 atom stereocenters. The van der Waals surface area contributed by atoms with Crippen molar-refractivity contribution in [3.63, 3.8) is 0 Å². The molecule has 3 aliphatic carbocycles. The fourth-order valence-corrected chi connectivity index (χ4v) is 10.0. The van der Waals surface area contributed by atoms with E-state index in [0.29, 0.717) is 25.0 Å². The monoisotopic (exact) mass is 882 g/mol. The van der Waals surface area contributed by atoms with Crippen molar-refractivity contribution in [2.75, 3.05) is 13.7 Å². The zero-order valence-electron chi connectivity index (χ0n) is 35.1. The summed E-state index contributed by atoms with van der Waals surface area (Å²) in [7, 11) is -2.83. The van der Waals surface area contributed by atoms with Gasteiger partial charge in [0.05, 0.1) is 29.4 Å². The van der Waals surface area contributed by atoms with Crippen molar-refractivity contribution >= 4 is 44.9 Å². The summed E-state index contributed by atoms with van der Waals surface area (Å²) in [5.74, 6) is -8.87. The van der Waals surface area contributed by atoms with Gasteiger partial charge < -0.3 is 29.7 Å². The fraction of sp³-hybridized carbons (Fsp3) is 0.707. The molecule has 15 nitrogen and oxygen atoms in total. The van der Waals surface area contributed by atoms with Crippen LogP contribution < -0.4 is 24.8 Å². The molecule has 2 aromatic rings. The topological polar surface area (TPSA) is 195 Å². The lowest BCUT2D eigenvalue weighted by Crippen LogP contribution is -2.61. The van der Waals surface area contributed by atoms with Gasteiger partial charge >= 0.3 is 6.09 Å². The van der Waals surface area contributed by atoms with Crippen LogP contribution in [0.1, 0.15) is 105 Å². The van der Waals surface area contributed by atoms with Gasteiger partial charge in [-0.25, -0.2) is 32.0 Å². The van der Waals surface area contributed by atoms with Gasteiger partial charge in [0.15, 0.2) is 5.69 Å². The average Bonchev–Trinajstić information content (AvgIpc) is 4.14. The third-order valence-electron chi connectivity index (χ3n) is 13.0. The molecule has 2 aliphatic heterocycles. The highest BCUT2D eigenvalue weighted by Crippen LogP contribution is 2.50. The molecule has 7 rings (SSSR count). The Morgan fingerprint density at radius 3 is 2.43 bits per heavy atom. The highest BCUT2D eigenvalue weighted by molar-refractivity contribution is 7.91. The summed E-state index contributed by atoms with van der Waals surface area (Å²) in [6.45, 7) is 7.76. The van der Waals surface area contributed by atoms with Crippen molar-refractivity contribution in [3.05, 3.63) is 23.9 Å². The Morgan fingerprint density at radius 1 is 1.07 bits per heavy atom. The molecule has 8 unspecified atom stereocenters. The van der Waals surface area contributed by atoms with Gasteiger partial charge in [-0.1, -0.05) is 34.1 Å². The van der Waals surface area contributed by atoms with E-state index in [-0.39, 0.29) is 49.1 Å². The molecule has 0 radical (unpaired) electrons. The Hall–Kier alpha value is -4.49. The second-order valence-electron chi connectivity index (χ2n) is 18.6. The lowest BCUT2D eigenvalue weighted by Gasteiger charge is -2.36. The van der Waals surface area contributed by atoms with Crippen LogP contribution in [0.5, 0.6) is 11.6 Å². The first kappa shape index (κ1) is 44.6. The van der Waals surface area contributed by atoms with Crippen LogP contribution in [0.25, 0.3) is 11.0 Å². The van der Waals surface area contributed by atoms with Gasteiger partial charge in [-0.2, -0.15) is 8.78 Å². The number of nitrogens with zero attached hydrogens (tertiary/aromatic N) is 3. The summed E-state index contributed by atoms with van der Waals surface area (Å²) < 4.78 is 105. The first-order chi connectivity index (χ1) is 28.5. The van der Waals surface area contributed by atoms with Crippen molar-refractivity contribution in [3.8, 4) is 11.6 Å². The number of carbonyl (C=O) groups excluding carboxylic acids is 4. The van der Waals surface area contributed by atoms with Gasteiger partial charge in [0.25, 0.3) is 11.8 Å². The van der Waals surface area contributed by atoms with Crippen LogP contribution in [0.3, 0.4) is 0 Å². The van der Waals surface area contributed by atoms with Gasteiger partial charge in [0.1, 0.15) is 35.6 Å².